The van der Waals surface area contributed by atoms with Crippen molar-refractivity contribution >= 4 is 5.97 Å². The molecule has 0 radical (unpaired) electrons. The Morgan fingerprint density at radius 3 is 1.91 bits per heavy atom. The van der Waals surface area contributed by atoms with Gasteiger partial charge in [-0.1, -0.05) is 57.3 Å². The molecule has 0 atom stereocenters. The molecule has 5 heteroatoms. The third kappa shape index (κ3) is 8.90. The van der Waals surface area contributed by atoms with E-state index in [1.165, 1.54) is 44.6 Å². The number of carbonyl (C=O) groups excluding carboxylic acids is 1. The number of hydrogen-bond acceptors (Lipinski definition) is 3. The first-order chi connectivity index (χ1) is 17.0. The highest BCUT2D eigenvalue weighted by Gasteiger charge is 2.10. The van der Waals surface area contributed by atoms with Gasteiger partial charge in [-0.2, -0.15) is 0 Å². The van der Waals surface area contributed by atoms with Gasteiger partial charge in [0, 0.05) is 17.2 Å². The quantitative estimate of drug-likeness (QED) is 0.123. The van der Waals surface area contributed by atoms with Crippen LogP contribution >= 0.6 is 0 Å². The maximum absolute atomic E-state index is 13.3. The number of halogens is 2. The van der Waals surface area contributed by atoms with Crippen LogP contribution in [0.25, 0.3) is 0 Å². The summed E-state index contributed by atoms with van der Waals surface area (Å²) in [4.78, 5) is 12.2. The fraction of sp³-hybridized carbons (Fsp3) is 0.300. The van der Waals surface area contributed by atoms with Crippen molar-refractivity contribution in [2.75, 3.05) is 6.61 Å². The van der Waals surface area contributed by atoms with Crippen LogP contribution in [0.1, 0.15) is 73.4 Å². The molecule has 0 saturated heterocycles. The monoisotopic (exact) mass is 476 g/mol. The summed E-state index contributed by atoms with van der Waals surface area (Å²) in [6.45, 7) is 2.95. The molecule has 3 rings (SSSR count). The van der Waals surface area contributed by atoms with Crippen LogP contribution in [0.5, 0.6) is 11.5 Å². The van der Waals surface area contributed by atoms with Crippen LogP contribution in [0.3, 0.4) is 0 Å². The minimum absolute atomic E-state index is 0.0624. The van der Waals surface area contributed by atoms with Crippen molar-refractivity contribution in [1.82, 2.24) is 0 Å². The Kier molecular flexibility index (Phi) is 10.3. The topological polar surface area (TPSA) is 35.5 Å². The Labute approximate surface area is 206 Å². The van der Waals surface area contributed by atoms with Gasteiger partial charge in [-0.05, 0) is 67.1 Å². The van der Waals surface area contributed by atoms with E-state index in [1.807, 2.05) is 24.3 Å². The summed E-state index contributed by atoms with van der Waals surface area (Å²) >= 11 is 0. The number of hydrogen-bond donors (Lipinski definition) is 0. The molecule has 0 aliphatic rings. The molecule has 0 saturated carbocycles. The third-order valence-corrected chi connectivity index (χ3v) is 5.44. The zero-order valence-corrected chi connectivity index (χ0v) is 20.0. The minimum Gasteiger partial charge on any atom is -0.494 e. The highest BCUT2D eigenvalue weighted by atomic mass is 19.2. The van der Waals surface area contributed by atoms with Gasteiger partial charge >= 0.3 is 5.97 Å². The normalized spacial score (nSPS) is 10.4. The van der Waals surface area contributed by atoms with Crippen LogP contribution < -0.4 is 9.47 Å². The summed E-state index contributed by atoms with van der Waals surface area (Å²) in [7, 11) is 0. The summed E-state index contributed by atoms with van der Waals surface area (Å²) in [5, 5.41) is 0. The summed E-state index contributed by atoms with van der Waals surface area (Å²) in [6, 6.07) is 17.2. The predicted octanol–water partition coefficient (Wildman–Crippen LogP) is 7.71. The molecule has 0 amide bonds. The fourth-order valence-electron chi connectivity index (χ4n) is 3.42. The molecule has 0 aliphatic heterocycles. The van der Waals surface area contributed by atoms with Crippen LogP contribution in [0.2, 0.25) is 0 Å². The second kappa shape index (κ2) is 13.9. The smallest absolute Gasteiger partial charge is 0.343 e. The minimum atomic E-state index is -1.08. The van der Waals surface area contributed by atoms with Crippen LogP contribution in [0.15, 0.2) is 66.7 Å². The number of carbonyl (C=O) groups is 1. The molecular weight excluding hydrogens is 446 g/mol. The van der Waals surface area contributed by atoms with E-state index in [-0.39, 0.29) is 11.3 Å². The van der Waals surface area contributed by atoms with Gasteiger partial charge in [0.05, 0.1) is 12.2 Å². The summed E-state index contributed by atoms with van der Waals surface area (Å²) in [6.07, 6.45) is 8.78. The van der Waals surface area contributed by atoms with Gasteiger partial charge in [0.25, 0.3) is 0 Å². The van der Waals surface area contributed by atoms with Gasteiger partial charge in [0.1, 0.15) is 11.5 Å². The first-order valence-corrected chi connectivity index (χ1v) is 12.1. The zero-order chi connectivity index (χ0) is 24.9. The molecule has 0 unspecified atom stereocenters. The Morgan fingerprint density at radius 2 is 1.29 bits per heavy atom. The molecule has 0 fully saturated rings. The van der Waals surface area contributed by atoms with Crippen molar-refractivity contribution in [2.24, 2.45) is 0 Å². The largest absolute Gasteiger partial charge is 0.494 e. The van der Waals surface area contributed by atoms with Crippen molar-refractivity contribution in [2.45, 2.75) is 51.9 Å². The summed E-state index contributed by atoms with van der Waals surface area (Å²) < 4.78 is 37.2. The molecule has 0 spiro atoms. The average Bonchev–Trinajstić information content (AvgIpc) is 2.87. The van der Waals surface area contributed by atoms with E-state index in [9.17, 15) is 13.6 Å². The van der Waals surface area contributed by atoms with Gasteiger partial charge < -0.3 is 9.47 Å². The lowest BCUT2D eigenvalue weighted by Crippen LogP contribution is -2.08. The SMILES string of the molecule is CCCCCCCCCOc1ccc(C#Cc2ccc(C(=O)Oc3ccc(F)c(F)c3)cc2)cc1. The Morgan fingerprint density at radius 1 is 0.714 bits per heavy atom. The average molecular weight is 477 g/mol. The lowest BCUT2D eigenvalue weighted by molar-refractivity contribution is 0.0734. The highest BCUT2D eigenvalue weighted by Crippen LogP contribution is 2.17. The van der Waals surface area contributed by atoms with E-state index in [0.29, 0.717) is 0 Å². The van der Waals surface area contributed by atoms with Crippen molar-refractivity contribution in [3.63, 3.8) is 0 Å². The molecule has 0 heterocycles. The maximum atomic E-state index is 13.3. The van der Waals surface area contributed by atoms with Gasteiger partial charge in [-0.15, -0.1) is 0 Å². The number of unbranched alkanes of at least 4 members (excludes halogenated alkanes) is 6. The second-order valence-corrected chi connectivity index (χ2v) is 8.29. The van der Waals surface area contributed by atoms with Gasteiger partial charge in [-0.25, -0.2) is 13.6 Å². The third-order valence-electron chi connectivity index (χ3n) is 5.44. The van der Waals surface area contributed by atoms with E-state index < -0.39 is 17.6 Å². The first kappa shape index (κ1) is 26.0. The number of rotatable bonds is 11. The molecule has 0 N–H and O–H groups in total. The molecule has 182 valence electrons. The van der Waals surface area contributed by atoms with Crippen molar-refractivity contribution in [1.29, 1.82) is 0 Å². The van der Waals surface area contributed by atoms with E-state index in [4.69, 9.17) is 9.47 Å². The van der Waals surface area contributed by atoms with E-state index >= 15 is 0 Å². The van der Waals surface area contributed by atoms with Crippen LogP contribution in [0.4, 0.5) is 8.78 Å². The molecular formula is C30H30F2O3. The van der Waals surface area contributed by atoms with Crippen LogP contribution in [-0.4, -0.2) is 12.6 Å². The predicted molar refractivity (Wildman–Crippen MR) is 134 cm³/mol. The Bertz CT molecular complexity index is 1140. The molecule has 0 aliphatic carbocycles. The van der Waals surface area contributed by atoms with Gasteiger partial charge in [-0.3, -0.25) is 0 Å². The summed E-state index contributed by atoms with van der Waals surface area (Å²) in [5.41, 5.74) is 1.87. The molecule has 0 bridgehead atoms. The fourth-order valence-corrected chi connectivity index (χ4v) is 3.42. The first-order valence-electron chi connectivity index (χ1n) is 12.1. The standard InChI is InChI=1S/C30H30F2O3/c1-2-3-4-5-6-7-8-21-34-26-17-13-24(14-18-26)10-9-23-11-15-25(16-12-23)30(33)35-27-19-20-28(31)29(32)22-27/h11-20,22H,2-8,21H2,1H3. The van der Waals surface area contributed by atoms with Gasteiger partial charge in [0.2, 0.25) is 0 Å². The zero-order valence-electron chi connectivity index (χ0n) is 20.0. The molecule has 3 aromatic carbocycles. The number of ether oxygens (including phenoxy) is 2. The molecule has 3 nitrogen and oxygen atoms in total. The van der Waals surface area contributed by atoms with Gasteiger partial charge in [0.15, 0.2) is 11.6 Å². The lowest BCUT2D eigenvalue weighted by Gasteiger charge is -2.06. The molecule has 35 heavy (non-hydrogen) atoms. The van der Waals surface area contributed by atoms with Crippen LogP contribution in [-0.2, 0) is 0 Å². The highest BCUT2D eigenvalue weighted by molar-refractivity contribution is 5.91. The van der Waals surface area contributed by atoms with Crippen molar-refractivity contribution < 1.29 is 23.0 Å². The number of benzene rings is 3. The van der Waals surface area contributed by atoms with Crippen LogP contribution in [0, 0.1) is 23.5 Å². The van der Waals surface area contributed by atoms with E-state index in [0.717, 1.165) is 42.0 Å². The Balaban J connectivity index is 1.45. The molecule has 0 aromatic heterocycles. The number of esters is 1. The van der Waals surface area contributed by atoms with E-state index in [1.54, 1.807) is 24.3 Å². The second-order valence-electron chi connectivity index (χ2n) is 8.29. The maximum Gasteiger partial charge on any atom is 0.343 e. The Hall–Kier alpha value is -3.65. The van der Waals surface area contributed by atoms with Crippen molar-refractivity contribution in [3.05, 3.63) is 95.1 Å². The van der Waals surface area contributed by atoms with Crippen molar-refractivity contribution in [3.8, 4) is 23.3 Å². The van der Waals surface area contributed by atoms with E-state index in [2.05, 4.69) is 18.8 Å². The summed E-state index contributed by atoms with van der Waals surface area (Å²) in [5.74, 6) is 4.18. The molecule has 3 aromatic rings. The lowest BCUT2D eigenvalue weighted by atomic mass is 10.1.